The average molecular weight is 769 g/mol. The van der Waals surface area contributed by atoms with Crippen LogP contribution >= 0.6 is 23.2 Å². The molecule has 0 bridgehead atoms. The topological polar surface area (TPSA) is 87.1 Å². The van der Waals surface area contributed by atoms with Crippen LogP contribution in [0, 0.1) is 5.92 Å². The Labute approximate surface area is 329 Å². The molecule has 3 aromatic carbocycles. The number of halogens is 2. The molecule has 1 fully saturated rings. The summed E-state index contributed by atoms with van der Waals surface area (Å²) >= 11 is 12.9. The fourth-order valence-corrected chi connectivity index (χ4v) is 7.97. The van der Waals surface area contributed by atoms with Crippen molar-refractivity contribution in [2.45, 2.75) is 90.3 Å². The number of amidine groups is 1. The molecule has 4 aromatic rings. The number of nitrogens with one attached hydrogen (secondary N) is 1. The van der Waals surface area contributed by atoms with Crippen LogP contribution in [0.1, 0.15) is 102 Å². The number of carbonyl (C=O) groups excluding carboxylic acids is 2. The molecule has 1 saturated heterocycles. The van der Waals surface area contributed by atoms with E-state index in [9.17, 15) is 4.79 Å². The zero-order valence-corrected chi connectivity index (χ0v) is 33.8. The molecule has 284 valence electrons. The van der Waals surface area contributed by atoms with Crippen molar-refractivity contribution in [1.29, 1.82) is 0 Å². The molecule has 0 saturated carbocycles. The van der Waals surface area contributed by atoms with E-state index in [1.54, 1.807) is 6.20 Å². The maximum atomic E-state index is 15.3. The lowest BCUT2D eigenvalue weighted by atomic mass is 9.71. The molecule has 1 aromatic heterocycles. The Morgan fingerprint density at radius 3 is 2.09 bits per heavy atom. The molecule has 8 nitrogen and oxygen atoms in total. The predicted molar refractivity (Wildman–Crippen MR) is 217 cm³/mol. The van der Waals surface area contributed by atoms with Gasteiger partial charge < -0.3 is 15.0 Å². The van der Waals surface area contributed by atoms with E-state index in [0.29, 0.717) is 66.2 Å². The SMILES string of the molecule is CCOc1cc(C(C)(C)C)ncc1C1=N[C@@](C)(c2ccc(Cl)cc2)[C@@](C)(c2ccc(Cl)cc2)N1C(=O)N1CCC(CC(=O)N[C@H](C)c2ccccc2)CC1. The van der Waals surface area contributed by atoms with E-state index in [4.69, 9.17) is 37.9 Å². The molecule has 0 spiro atoms. The van der Waals surface area contributed by atoms with Crippen molar-refractivity contribution in [1.82, 2.24) is 20.1 Å². The van der Waals surface area contributed by atoms with Gasteiger partial charge in [0.2, 0.25) is 5.91 Å². The zero-order valence-electron chi connectivity index (χ0n) is 32.3. The summed E-state index contributed by atoms with van der Waals surface area (Å²) in [6.45, 7) is 15.9. The van der Waals surface area contributed by atoms with Crippen LogP contribution in [-0.2, 0) is 21.3 Å². The number of likely N-dealkylation sites (tertiary alicyclic amines) is 1. The minimum absolute atomic E-state index is 0.0220. The minimum Gasteiger partial charge on any atom is -0.493 e. The zero-order chi connectivity index (χ0) is 38.8. The highest BCUT2D eigenvalue weighted by Crippen LogP contribution is 2.54. The normalized spacial score (nSPS) is 21.1. The van der Waals surface area contributed by atoms with Crippen LogP contribution in [0.5, 0.6) is 5.75 Å². The molecule has 1 N–H and O–H groups in total. The molecule has 6 rings (SSSR count). The van der Waals surface area contributed by atoms with Crippen molar-refractivity contribution in [3.63, 3.8) is 0 Å². The lowest BCUT2D eigenvalue weighted by Gasteiger charge is -2.47. The second kappa shape index (κ2) is 15.8. The third-order valence-electron chi connectivity index (χ3n) is 11.2. The average Bonchev–Trinajstić information content (AvgIpc) is 3.39. The van der Waals surface area contributed by atoms with Gasteiger partial charge in [-0.25, -0.2) is 4.79 Å². The van der Waals surface area contributed by atoms with Gasteiger partial charge in [-0.1, -0.05) is 98.6 Å². The van der Waals surface area contributed by atoms with Crippen LogP contribution in [0.15, 0.2) is 96.1 Å². The second-order valence-corrected chi connectivity index (χ2v) is 16.7. The van der Waals surface area contributed by atoms with Crippen molar-refractivity contribution in [3.05, 3.63) is 129 Å². The second-order valence-electron chi connectivity index (χ2n) is 15.8. The molecule has 10 heteroatoms. The number of ether oxygens (including phenoxy) is 1. The number of aromatic nitrogens is 1. The minimum atomic E-state index is -1.03. The number of pyridine rings is 1. The maximum Gasteiger partial charge on any atom is 0.326 e. The Kier molecular flexibility index (Phi) is 11.5. The highest BCUT2D eigenvalue weighted by molar-refractivity contribution is 6.30. The summed E-state index contributed by atoms with van der Waals surface area (Å²) in [6, 6.07) is 27.0. The summed E-state index contributed by atoms with van der Waals surface area (Å²) in [6.07, 6.45) is 3.62. The molecule has 2 aliphatic heterocycles. The van der Waals surface area contributed by atoms with E-state index in [1.807, 2.05) is 109 Å². The third-order valence-corrected chi connectivity index (χ3v) is 11.7. The summed E-state index contributed by atoms with van der Waals surface area (Å²) in [5.41, 5.74) is 2.10. The predicted octanol–water partition coefficient (Wildman–Crippen LogP) is 10.1. The number of nitrogens with zero attached hydrogens (tertiary/aromatic N) is 4. The van der Waals surface area contributed by atoms with Crippen molar-refractivity contribution >= 4 is 41.0 Å². The first-order valence-corrected chi connectivity index (χ1v) is 19.6. The monoisotopic (exact) mass is 767 g/mol. The van der Waals surface area contributed by atoms with Crippen molar-refractivity contribution in [2.75, 3.05) is 19.7 Å². The van der Waals surface area contributed by atoms with E-state index >= 15 is 4.79 Å². The van der Waals surface area contributed by atoms with E-state index in [-0.39, 0.29) is 29.3 Å². The Balaban J connectivity index is 1.38. The Hall–Kier alpha value is -4.40. The number of aliphatic imine (C=N–C) groups is 1. The molecule has 0 aliphatic carbocycles. The molecule has 3 amide bonds. The van der Waals surface area contributed by atoms with Crippen LogP contribution in [0.2, 0.25) is 10.0 Å². The lowest BCUT2D eigenvalue weighted by Crippen LogP contribution is -2.59. The highest BCUT2D eigenvalue weighted by atomic mass is 35.5. The smallest absolute Gasteiger partial charge is 0.326 e. The first kappa shape index (κ1) is 39.3. The molecule has 0 unspecified atom stereocenters. The van der Waals surface area contributed by atoms with E-state index in [0.717, 1.165) is 22.4 Å². The van der Waals surface area contributed by atoms with Gasteiger partial charge in [-0.3, -0.25) is 19.7 Å². The number of benzene rings is 3. The third kappa shape index (κ3) is 7.74. The molecular formula is C44H51Cl2N5O3. The number of carbonyl (C=O) groups is 2. The fraction of sp³-hybridized carbons (Fsp3) is 0.409. The van der Waals surface area contributed by atoms with E-state index < -0.39 is 11.1 Å². The molecule has 0 radical (unpaired) electrons. The fourth-order valence-electron chi connectivity index (χ4n) is 7.71. The number of rotatable bonds is 9. The van der Waals surface area contributed by atoms with Crippen LogP contribution in [0.3, 0.4) is 0 Å². The van der Waals surface area contributed by atoms with Gasteiger partial charge in [0.05, 0.1) is 18.2 Å². The Morgan fingerprint density at radius 2 is 1.52 bits per heavy atom. The Morgan fingerprint density at radius 1 is 0.926 bits per heavy atom. The standard InChI is InChI=1S/C44H51Cl2N5O3/c1-8-54-37-27-38(42(3,4)5)47-28-36(37)40-49-43(6,32-14-18-34(45)19-15-32)44(7,33-16-20-35(46)21-17-33)51(40)41(53)50-24-22-30(23-25-50)26-39(52)48-29(2)31-12-10-9-11-13-31/h9-21,27-30H,8,22-26H2,1-7H3,(H,48,52)/t29-,43+,44-/m1/s1. The summed E-state index contributed by atoms with van der Waals surface area (Å²) in [7, 11) is 0. The number of urea groups is 1. The molecule has 3 atom stereocenters. The van der Waals surface area contributed by atoms with Crippen molar-refractivity contribution < 1.29 is 14.3 Å². The summed E-state index contributed by atoms with van der Waals surface area (Å²) in [5.74, 6) is 1.27. The quantitative estimate of drug-likeness (QED) is 0.184. The largest absolute Gasteiger partial charge is 0.493 e. The van der Waals surface area contributed by atoms with Crippen molar-refractivity contribution in [2.24, 2.45) is 10.9 Å². The van der Waals surface area contributed by atoms with E-state index in [2.05, 4.69) is 39.9 Å². The first-order chi connectivity index (χ1) is 25.7. The first-order valence-electron chi connectivity index (χ1n) is 18.8. The molecule has 54 heavy (non-hydrogen) atoms. The van der Waals surface area contributed by atoms with Gasteiger partial charge in [0.1, 0.15) is 22.7 Å². The number of amides is 3. The van der Waals surface area contributed by atoms with Gasteiger partial charge in [-0.15, -0.1) is 0 Å². The van der Waals surface area contributed by atoms with Gasteiger partial charge in [-0.05, 0) is 87.4 Å². The van der Waals surface area contributed by atoms with Gasteiger partial charge in [-0.2, -0.15) is 0 Å². The summed E-state index contributed by atoms with van der Waals surface area (Å²) in [4.78, 5) is 42.6. The van der Waals surface area contributed by atoms with Crippen LogP contribution in [-0.4, -0.2) is 52.3 Å². The van der Waals surface area contributed by atoms with Gasteiger partial charge in [0.15, 0.2) is 0 Å². The van der Waals surface area contributed by atoms with Crippen LogP contribution in [0.4, 0.5) is 4.79 Å². The summed E-state index contributed by atoms with van der Waals surface area (Å²) in [5, 5.41) is 4.36. The van der Waals surface area contributed by atoms with Crippen LogP contribution in [0.25, 0.3) is 0 Å². The maximum absolute atomic E-state index is 15.3. The number of hydrogen-bond donors (Lipinski definition) is 1. The van der Waals surface area contributed by atoms with Gasteiger partial charge >= 0.3 is 6.03 Å². The van der Waals surface area contributed by atoms with Crippen LogP contribution < -0.4 is 10.1 Å². The molecule has 2 aliphatic rings. The van der Waals surface area contributed by atoms with E-state index in [1.165, 1.54) is 0 Å². The number of piperidine rings is 1. The lowest BCUT2D eigenvalue weighted by molar-refractivity contribution is -0.122. The summed E-state index contributed by atoms with van der Waals surface area (Å²) < 4.78 is 6.30. The Bertz CT molecular complexity index is 1990. The highest BCUT2D eigenvalue weighted by Gasteiger charge is 2.60. The number of hydrogen-bond acceptors (Lipinski definition) is 5. The van der Waals surface area contributed by atoms with Gasteiger partial charge in [0.25, 0.3) is 0 Å². The van der Waals surface area contributed by atoms with Crippen molar-refractivity contribution in [3.8, 4) is 5.75 Å². The van der Waals surface area contributed by atoms with Gasteiger partial charge in [0, 0.05) is 52.9 Å². The molecular weight excluding hydrogens is 717 g/mol. The molecule has 3 heterocycles.